The molecule has 8 heteroatoms. The quantitative estimate of drug-likeness (QED) is 0.474. The molecule has 116 valence electrons. The van der Waals surface area contributed by atoms with Crippen LogP contribution in [0.2, 0.25) is 0 Å². The van der Waals surface area contributed by atoms with E-state index in [0.29, 0.717) is 25.1 Å². The average Bonchev–Trinajstić information content (AvgIpc) is 2.77. The number of carbonyl (C=O) groups excluding carboxylic acids is 2. The van der Waals surface area contributed by atoms with Crippen LogP contribution in [0, 0.1) is 16.0 Å². The summed E-state index contributed by atoms with van der Waals surface area (Å²) in [6, 6.07) is 5.82. The van der Waals surface area contributed by atoms with Crippen molar-refractivity contribution >= 4 is 17.7 Å². The van der Waals surface area contributed by atoms with Gasteiger partial charge in [-0.1, -0.05) is 0 Å². The summed E-state index contributed by atoms with van der Waals surface area (Å²) in [5.41, 5.74) is 0.660. The molecule has 0 aliphatic carbocycles. The van der Waals surface area contributed by atoms with Crippen LogP contribution in [0.4, 0.5) is 10.5 Å². The number of hydrogen-bond acceptors (Lipinski definition) is 6. The van der Waals surface area contributed by atoms with Crippen molar-refractivity contribution in [3.05, 3.63) is 39.9 Å². The molecule has 2 heterocycles. The van der Waals surface area contributed by atoms with Crippen LogP contribution in [-0.2, 0) is 20.9 Å². The van der Waals surface area contributed by atoms with E-state index in [0.717, 1.165) is 0 Å². The van der Waals surface area contributed by atoms with Crippen LogP contribution >= 0.6 is 0 Å². The number of fused-ring (bicyclic) bond motifs is 2. The van der Waals surface area contributed by atoms with Crippen molar-refractivity contribution in [1.82, 2.24) is 4.90 Å². The minimum atomic E-state index is -0.487. The molecule has 0 spiro atoms. The SMILES string of the molecule is O=C(OCc1ccc([N+](=O)[O-])cc1)[C@H]1C[C@H]2CN(C1)C(=O)O2. The second-order valence-electron chi connectivity index (χ2n) is 5.37. The lowest BCUT2D eigenvalue weighted by molar-refractivity contribution is -0.384. The molecule has 1 amide bonds. The van der Waals surface area contributed by atoms with E-state index >= 15 is 0 Å². The first-order valence-corrected chi connectivity index (χ1v) is 6.88. The molecule has 2 bridgehead atoms. The first-order valence-electron chi connectivity index (χ1n) is 6.88. The zero-order valence-corrected chi connectivity index (χ0v) is 11.6. The van der Waals surface area contributed by atoms with E-state index < -0.39 is 4.92 Å². The summed E-state index contributed by atoms with van der Waals surface area (Å²) >= 11 is 0. The third-order valence-corrected chi connectivity index (χ3v) is 3.80. The number of esters is 1. The summed E-state index contributed by atoms with van der Waals surface area (Å²) < 4.78 is 10.3. The van der Waals surface area contributed by atoms with E-state index in [2.05, 4.69) is 0 Å². The fourth-order valence-electron chi connectivity index (χ4n) is 2.66. The summed E-state index contributed by atoms with van der Waals surface area (Å²) in [5.74, 6) is -0.769. The molecule has 2 saturated heterocycles. The first-order chi connectivity index (χ1) is 10.5. The second kappa shape index (κ2) is 5.63. The zero-order valence-electron chi connectivity index (χ0n) is 11.6. The Morgan fingerprint density at radius 1 is 1.36 bits per heavy atom. The van der Waals surface area contributed by atoms with E-state index in [1.807, 2.05) is 0 Å². The molecule has 0 N–H and O–H groups in total. The molecule has 0 aromatic heterocycles. The molecular weight excluding hydrogens is 292 g/mol. The maximum Gasteiger partial charge on any atom is 0.410 e. The van der Waals surface area contributed by atoms with Crippen LogP contribution in [0.5, 0.6) is 0 Å². The van der Waals surface area contributed by atoms with Crippen molar-refractivity contribution in [2.75, 3.05) is 13.1 Å². The van der Waals surface area contributed by atoms with E-state index in [9.17, 15) is 19.7 Å². The Morgan fingerprint density at radius 2 is 2.09 bits per heavy atom. The zero-order chi connectivity index (χ0) is 15.7. The molecule has 0 unspecified atom stereocenters. The Kier molecular flexibility index (Phi) is 3.66. The van der Waals surface area contributed by atoms with Gasteiger partial charge >= 0.3 is 12.1 Å². The maximum atomic E-state index is 12.0. The summed E-state index contributed by atoms with van der Waals surface area (Å²) in [7, 11) is 0. The molecule has 22 heavy (non-hydrogen) atoms. The van der Waals surface area contributed by atoms with Crippen molar-refractivity contribution in [2.24, 2.45) is 5.92 Å². The number of nitro benzene ring substituents is 1. The lowest BCUT2D eigenvalue weighted by Crippen LogP contribution is -2.40. The number of piperidine rings is 1. The molecule has 2 atom stereocenters. The number of carbonyl (C=O) groups is 2. The smallest absolute Gasteiger partial charge is 0.410 e. The highest BCUT2D eigenvalue weighted by Gasteiger charge is 2.42. The Balaban J connectivity index is 1.54. The highest BCUT2D eigenvalue weighted by atomic mass is 16.6. The Bertz CT molecular complexity index is 614. The molecule has 0 radical (unpaired) electrons. The van der Waals surface area contributed by atoms with Gasteiger partial charge in [0.15, 0.2) is 0 Å². The molecule has 3 rings (SSSR count). The van der Waals surface area contributed by atoms with Crippen molar-refractivity contribution in [3.63, 3.8) is 0 Å². The van der Waals surface area contributed by atoms with E-state index in [1.165, 1.54) is 17.0 Å². The Labute approximate surface area is 125 Å². The van der Waals surface area contributed by atoms with E-state index in [-0.39, 0.29) is 36.4 Å². The highest BCUT2D eigenvalue weighted by molar-refractivity contribution is 5.76. The third-order valence-electron chi connectivity index (χ3n) is 3.80. The second-order valence-corrected chi connectivity index (χ2v) is 5.37. The van der Waals surface area contributed by atoms with Crippen LogP contribution in [-0.4, -0.2) is 41.1 Å². The predicted molar refractivity (Wildman–Crippen MR) is 72.8 cm³/mol. The van der Waals surface area contributed by atoms with Crippen molar-refractivity contribution < 1.29 is 24.0 Å². The van der Waals surface area contributed by atoms with Gasteiger partial charge in [0.05, 0.1) is 17.4 Å². The maximum absolute atomic E-state index is 12.0. The minimum absolute atomic E-state index is 0.0117. The van der Waals surface area contributed by atoms with Gasteiger partial charge in [-0.05, 0) is 17.7 Å². The number of amides is 1. The van der Waals surface area contributed by atoms with Gasteiger partial charge in [0.2, 0.25) is 0 Å². The number of benzene rings is 1. The van der Waals surface area contributed by atoms with Gasteiger partial charge in [0, 0.05) is 25.1 Å². The number of nitro groups is 1. The van der Waals surface area contributed by atoms with Gasteiger partial charge in [-0.3, -0.25) is 14.9 Å². The lowest BCUT2D eigenvalue weighted by atomic mass is 9.97. The number of ether oxygens (including phenoxy) is 2. The van der Waals surface area contributed by atoms with Crippen LogP contribution in [0.15, 0.2) is 24.3 Å². The van der Waals surface area contributed by atoms with Gasteiger partial charge in [0.1, 0.15) is 12.7 Å². The standard InChI is InChI=1S/C14H14N2O6/c17-13(10-5-12-7-15(6-10)14(18)22-12)21-8-9-1-3-11(4-2-9)16(19)20/h1-4,10,12H,5-8H2/t10-,12-/m0/s1. The molecule has 8 nitrogen and oxygen atoms in total. The molecular formula is C14H14N2O6. The molecule has 2 aliphatic heterocycles. The average molecular weight is 306 g/mol. The monoisotopic (exact) mass is 306 g/mol. The fraction of sp³-hybridized carbons (Fsp3) is 0.429. The predicted octanol–water partition coefficient (Wildman–Crippen LogP) is 1.48. The summed E-state index contributed by atoms with van der Waals surface area (Å²) in [5, 5.41) is 10.6. The van der Waals surface area contributed by atoms with Crippen LogP contribution in [0.25, 0.3) is 0 Å². The number of non-ortho nitro benzene ring substituents is 1. The summed E-state index contributed by atoms with van der Waals surface area (Å²) in [6.07, 6.45) is -0.143. The minimum Gasteiger partial charge on any atom is -0.461 e. The first kappa shape index (κ1) is 14.3. The lowest BCUT2D eigenvalue weighted by Gasteiger charge is -2.25. The molecule has 0 saturated carbocycles. The normalized spacial score (nSPS) is 23.1. The summed E-state index contributed by atoms with van der Waals surface area (Å²) in [6.45, 7) is 0.895. The van der Waals surface area contributed by atoms with Gasteiger partial charge in [-0.25, -0.2) is 4.79 Å². The Morgan fingerprint density at radius 3 is 2.73 bits per heavy atom. The van der Waals surface area contributed by atoms with Crippen LogP contribution in [0.1, 0.15) is 12.0 Å². The summed E-state index contributed by atoms with van der Waals surface area (Å²) in [4.78, 5) is 35.0. The number of rotatable bonds is 4. The fourth-order valence-corrected chi connectivity index (χ4v) is 2.66. The topological polar surface area (TPSA) is 99.0 Å². The van der Waals surface area contributed by atoms with Crippen LogP contribution < -0.4 is 0 Å². The largest absolute Gasteiger partial charge is 0.461 e. The van der Waals surface area contributed by atoms with E-state index in [4.69, 9.17) is 9.47 Å². The van der Waals surface area contributed by atoms with Crippen molar-refractivity contribution in [1.29, 1.82) is 0 Å². The van der Waals surface area contributed by atoms with Crippen molar-refractivity contribution in [2.45, 2.75) is 19.1 Å². The molecule has 2 aliphatic rings. The number of hydrogen-bond donors (Lipinski definition) is 0. The third kappa shape index (κ3) is 2.85. The molecule has 1 aromatic rings. The van der Waals surface area contributed by atoms with Gasteiger partial charge < -0.3 is 14.4 Å². The van der Waals surface area contributed by atoms with Gasteiger partial charge in [0.25, 0.3) is 5.69 Å². The van der Waals surface area contributed by atoms with Crippen molar-refractivity contribution in [3.8, 4) is 0 Å². The van der Waals surface area contributed by atoms with Crippen LogP contribution in [0.3, 0.4) is 0 Å². The number of nitrogens with zero attached hydrogens (tertiary/aromatic N) is 2. The molecule has 1 aromatic carbocycles. The van der Waals surface area contributed by atoms with E-state index in [1.54, 1.807) is 12.1 Å². The Hall–Kier alpha value is -2.64. The van der Waals surface area contributed by atoms with Gasteiger partial charge in [-0.15, -0.1) is 0 Å². The highest BCUT2D eigenvalue weighted by Crippen LogP contribution is 2.27. The molecule has 2 fully saturated rings. The van der Waals surface area contributed by atoms with Gasteiger partial charge in [-0.2, -0.15) is 0 Å².